The molecule has 1 amide bonds. The van der Waals surface area contributed by atoms with Gasteiger partial charge in [0.15, 0.2) is 0 Å². The Morgan fingerprint density at radius 2 is 2.33 bits per heavy atom. The van der Waals surface area contributed by atoms with Crippen LogP contribution in [-0.2, 0) is 4.74 Å². The van der Waals surface area contributed by atoms with E-state index in [9.17, 15) is 14.3 Å². The Morgan fingerprint density at radius 1 is 1.67 bits per heavy atom. The fraction of sp³-hybridized carbons (Fsp3) is 0.900. The number of likely N-dealkylation sites (tertiary alicyclic amines) is 1. The van der Waals surface area contributed by atoms with Crippen LogP contribution in [0.1, 0.15) is 20.3 Å². The molecule has 1 aliphatic rings. The maximum Gasteiger partial charge on any atom is 0.409 e. The molecule has 1 heterocycles. The molecule has 2 unspecified atom stereocenters. The van der Waals surface area contributed by atoms with Crippen LogP contribution in [0, 0.1) is 5.92 Å². The minimum absolute atomic E-state index is 0.0259. The lowest BCUT2D eigenvalue weighted by atomic mass is 10.1. The molecule has 0 aromatic carbocycles. The van der Waals surface area contributed by atoms with E-state index in [2.05, 4.69) is 0 Å². The molecule has 0 aromatic rings. The molecule has 1 aliphatic heterocycles. The molecular weight excluding hydrogens is 201 g/mol. The molecule has 2 atom stereocenters. The van der Waals surface area contributed by atoms with Gasteiger partial charge in [0.05, 0.1) is 13.2 Å². The summed E-state index contributed by atoms with van der Waals surface area (Å²) < 4.78 is 17.9. The van der Waals surface area contributed by atoms with E-state index in [0.717, 1.165) is 0 Å². The van der Waals surface area contributed by atoms with Gasteiger partial charge in [0.25, 0.3) is 0 Å². The second-order valence-corrected chi connectivity index (χ2v) is 4.29. The summed E-state index contributed by atoms with van der Waals surface area (Å²) in [7, 11) is 0. The fourth-order valence-corrected chi connectivity index (χ4v) is 1.40. The Bertz CT molecular complexity index is 223. The summed E-state index contributed by atoms with van der Waals surface area (Å²) in [5, 5.41) is 9.25. The van der Waals surface area contributed by atoms with Gasteiger partial charge >= 0.3 is 6.09 Å². The van der Waals surface area contributed by atoms with Gasteiger partial charge in [-0.05, 0) is 12.3 Å². The largest absolute Gasteiger partial charge is 0.449 e. The number of aliphatic hydroxyl groups excluding tert-OH is 1. The highest BCUT2D eigenvalue weighted by Crippen LogP contribution is 2.15. The number of β-amino-alcohol motifs (C(OH)–C–C–N with tert-alkyl or cyclic N) is 1. The van der Waals surface area contributed by atoms with E-state index < -0.39 is 18.4 Å². The van der Waals surface area contributed by atoms with E-state index in [0.29, 0.717) is 13.2 Å². The number of carbonyl (C=O) groups excluding carboxylic acids is 1. The average Bonchev–Trinajstić information content (AvgIpc) is 2.18. The van der Waals surface area contributed by atoms with Crippen molar-refractivity contribution < 1.29 is 19.0 Å². The van der Waals surface area contributed by atoms with Crippen LogP contribution in [0.15, 0.2) is 0 Å². The summed E-state index contributed by atoms with van der Waals surface area (Å²) in [6.45, 7) is 4.57. The minimum atomic E-state index is -1.22. The van der Waals surface area contributed by atoms with Crippen LogP contribution >= 0.6 is 0 Å². The van der Waals surface area contributed by atoms with E-state index in [-0.39, 0.29) is 18.9 Å². The van der Waals surface area contributed by atoms with Gasteiger partial charge in [-0.1, -0.05) is 13.8 Å². The molecule has 0 aliphatic carbocycles. The second-order valence-electron chi connectivity index (χ2n) is 4.29. The summed E-state index contributed by atoms with van der Waals surface area (Å²) in [6, 6.07) is 0. The van der Waals surface area contributed by atoms with E-state index in [1.165, 1.54) is 4.90 Å². The molecule has 4 nitrogen and oxygen atoms in total. The predicted molar refractivity (Wildman–Crippen MR) is 53.3 cm³/mol. The number of nitrogens with zero attached hydrogens (tertiary/aromatic N) is 1. The van der Waals surface area contributed by atoms with Crippen LogP contribution in [0.2, 0.25) is 0 Å². The molecule has 88 valence electrons. The number of aliphatic hydroxyl groups is 1. The molecule has 0 spiro atoms. The fourth-order valence-electron chi connectivity index (χ4n) is 1.40. The van der Waals surface area contributed by atoms with Crippen molar-refractivity contribution in [3.8, 4) is 0 Å². The number of ether oxygens (including phenoxy) is 1. The van der Waals surface area contributed by atoms with Crippen molar-refractivity contribution in [3.63, 3.8) is 0 Å². The third kappa shape index (κ3) is 3.66. The molecule has 1 rings (SSSR count). The Balaban J connectivity index is 2.34. The number of rotatable bonds is 2. The van der Waals surface area contributed by atoms with Crippen molar-refractivity contribution in [1.82, 2.24) is 4.90 Å². The molecule has 5 heteroatoms. The van der Waals surface area contributed by atoms with Crippen LogP contribution in [0.3, 0.4) is 0 Å². The molecule has 0 aromatic heterocycles. The zero-order valence-electron chi connectivity index (χ0n) is 9.15. The van der Waals surface area contributed by atoms with Crippen molar-refractivity contribution in [3.05, 3.63) is 0 Å². The van der Waals surface area contributed by atoms with Crippen LogP contribution < -0.4 is 0 Å². The zero-order chi connectivity index (χ0) is 11.4. The van der Waals surface area contributed by atoms with Gasteiger partial charge < -0.3 is 14.7 Å². The minimum Gasteiger partial charge on any atom is -0.449 e. The van der Waals surface area contributed by atoms with E-state index in [4.69, 9.17) is 4.74 Å². The first-order valence-electron chi connectivity index (χ1n) is 5.24. The first-order valence-corrected chi connectivity index (χ1v) is 5.24. The lowest BCUT2D eigenvalue weighted by Crippen LogP contribution is -2.47. The highest BCUT2D eigenvalue weighted by Gasteiger charge is 2.30. The number of carbonyl (C=O) groups is 1. The zero-order valence-corrected chi connectivity index (χ0v) is 9.15. The summed E-state index contributed by atoms with van der Waals surface area (Å²) in [4.78, 5) is 12.8. The summed E-state index contributed by atoms with van der Waals surface area (Å²) in [6.07, 6.45) is -2.59. The quantitative estimate of drug-likeness (QED) is 0.758. The summed E-state index contributed by atoms with van der Waals surface area (Å²) >= 11 is 0. The number of hydrogen-bond acceptors (Lipinski definition) is 3. The number of piperidine rings is 1. The maximum absolute atomic E-state index is 12.9. The van der Waals surface area contributed by atoms with Crippen molar-refractivity contribution in [2.45, 2.75) is 32.5 Å². The van der Waals surface area contributed by atoms with Gasteiger partial charge in [-0.3, -0.25) is 0 Å². The molecule has 0 radical (unpaired) electrons. The highest BCUT2D eigenvalue weighted by molar-refractivity contribution is 5.67. The summed E-state index contributed by atoms with van der Waals surface area (Å²) in [5.41, 5.74) is 0. The second kappa shape index (κ2) is 5.30. The first-order chi connectivity index (χ1) is 7.00. The highest BCUT2D eigenvalue weighted by atomic mass is 19.1. The van der Waals surface area contributed by atoms with Crippen LogP contribution in [0.5, 0.6) is 0 Å². The van der Waals surface area contributed by atoms with Crippen molar-refractivity contribution >= 4 is 6.09 Å². The first kappa shape index (κ1) is 12.2. The standard InChI is InChI=1S/C10H18FNO3/c1-7(2)6-15-10(14)12-4-3-8(11)9(13)5-12/h7-9,13H,3-6H2,1-2H3. The molecule has 0 saturated carbocycles. The smallest absolute Gasteiger partial charge is 0.409 e. The lowest BCUT2D eigenvalue weighted by Gasteiger charge is -2.31. The van der Waals surface area contributed by atoms with Gasteiger partial charge in [0.1, 0.15) is 12.3 Å². The lowest BCUT2D eigenvalue weighted by molar-refractivity contribution is -0.000585. The Hall–Kier alpha value is -0.840. The number of halogens is 1. The predicted octanol–water partition coefficient (Wildman–Crippen LogP) is 1.18. The van der Waals surface area contributed by atoms with Gasteiger partial charge in [-0.2, -0.15) is 0 Å². The average molecular weight is 219 g/mol. The monoisotopic (exact) mass is 219 g/mol. The Kier molecular flexibility index (Phi) is 4.32. The topological polar surface area (TPSA) is 49.8 Å². The van der Waals surface area contributed by atoms with Crippen LogP contribution in [0.25, 0.3) is 0 Å². The van der Waals surface area contributed by atoms with Gasteiger partial charge in [-0.15, -0.1) is 0 Å². The third-order valence-corrected chi connectivity index (χ3v) is 2.30. The van der Waals surface area contributed by atoms with Crippen LogP contribution in [-0.4, -0.2) is 48.1 Å². The van der Waals surface area contributed by atoms with Gasteiger partial charge in [-0.25, -0.2) is 9.18 Å². The molecular formula is C10H18FNO3. The van der Waals surface area contributed by atoms with E-state index >= 15 is 0 Å². The van der Waals surface area contributed by atoms with Crippen LogP contribution in [0.4, 0.5) is 9.18 Å². The normalized spacial score (nSPS) is 26.9. The third-order valence-electron chi connectivity index (χ3n) is 2.30. The van der Waals surface area contributed by atoms with Gasteiger partial charge in [0.2, 0.25) is 0 Å². The van der Waals surface area contributed by atoms with Crippen molar-refractivity contribution in [2.24, 2.45) is 5.92 Å². The number of amides is 1. The molecule has 1 fully saturated rings. The number of alkyl halides is 1. The molecule has 1 saturated heterocycles. The van der Waals surface area contributed by atoms with Gasteiger partial charge in [0, 0.05) is 6.54 Å². The van der Waals surface area contributed by atoms with E-state index in [1.807, 2.05) is 13.8 Å². The summed E-state index contributed by atoms with van der Waals surface area (Å²) in [5.74, 6) is 0.276. The Labute approximate surface area is 89.0 Å². The number of hydrogen-bond donors (Lipinski definition) is 1. The Morgan fingerprint density at radius 3 is 2.87 bits per heavy atom. The van der Waals surface area contributed by atoms with Crippen molar-refractivity contribution in [2.75, 3.05) is 19.7 Å². The van der Waals surface area contributed by atoms with E-state index in [1.54, 1.807) is 0 Å². The molecule has 0 bridgehead atoms. The maximum atomic E-state index is 12.9. The molecule has 1 N–H and O–H groups in total. The van der Waals surface area contributed by atoms with Crippen molar-refractivity contribution in [1.29, 1.82) is 0 Å². The molecule has 15 heavy (non-hydrogen) atoms. The SMILES string of the molecule is CC(C)COC(=O)N1CCC(F)C(O)C1.